The van der Waals surface area contributed by atoms with Crippen LogP contribution in [-0.2, 0) is 0 Å². The van der Waals surface area contributed by atoms with Gasteiger partial charge < -0.3 is 20.8 Å². The van der Waals surface area contributed by atoms with Crippen molar-refractivity contribution in [1.82, 2.24) is 15.0 Å². The molecule has 28 heavy (non-hydrogen) atoms. The predicted molar refractivity (Wildman–Crippen MR) is 109 cm³/mol. The zero-order valence-corrected chi connectivity index (χ0v) is 17.3. The number of nitrogens with two attached hydrogens (primary N) is 1. The highest BCUT2D eigenvalue weighted by atomic mass is 35.5. The second-order valence-electron chi connectivity index (χ2n) is 7.37. The van der Waals surface area contributed by atoms with Crippen LogP contribution >= 0.6 is 35.0 Å². The fraction of sp³-hybridized carbons (Fsp3) is 0.500. The van der Waals surface area contributed by atoms with Crippen LogP contribution in [0.1, 0.15) is 19.3 Å². The molecular formula is C18H21Cl2N5O2S. The molecule has 3 heterocycles. The molecule has 2 fully saturated rings. The van der Waals surface area contributed by atoms with Crippen molar-refractivity contribution in [3.63, 3.8) is 0 Å². The summed E-state index contributed by atoms with van der Waals surface area (Å²) in [5, 5.41) is 21.4. The number of hydrogen-bond acceptors (Lipinski definition) is 8. The number of pyridine rings is 1. The van der Waals surface area contributed by atoms with Gasteiger partial charge in [-0.3, -0.25) is 0 Å². The Hall–Kier alpha value is -1.16. The van der Waals surface area contributed by atoms with Gasteiger partial charge >= 0.3 is 0 Å². The molecule has 1 saturated carbocycles. The summed E-state index contributed by atoms with van der Waals surface area (Å²) in [4.78, 5) is 15.9. The van der Waals surface area contributed by atoms with Crippen molar-refractivity contribution in [2.45, 2.75) is 47.4 Å². The van der Waals surface area contributed by atoms with Crippen LogP contribution in [0.2, 0.25) is 10.2 Å². The van der Waals surface area contributed by atoms with Gasteiger partial charge in [0.15, 0.2) is 0 Å². The van der Waals surface area contributed by atoms with E-state index in [1.807, 2.05) is 0 Å². The number of halogens is 2. The summed E-state index contributed by atoms with van der Waals surface area (Å²) in [5.74, 6) is 0.797. The molecule has 0 unspecified atom stereocenters. The maximum absolute atomic E-state index is 10.0. The molecule has 0 amide bonds. The van der Waals surface area contributed by atoms with Crippen molar-refractivity contribution in [3.05, 3.63) is 34.8 Å². The Morgan fingerprint density at radius 1 is 1.14 bits per heavy atom. The van der Waals surface area contributed by atoms with Crippen molar-refractivity contribution >= 4 is 40.8 Å². The minimum Gasteiger partial charge on any atom is -0.390 e. The SMILES string of the molecule is N[C@@H]1[C@H](O)[C@@H](O)CC12CCN(c1cnc(Sc3ccnc(Cl)c3Cl)cn1)CC2. The molecule has 0 radical (unpaired) electrons. The lowest BCUT2D eigenvalue weighted by Gasteiger charge is -2.42. The molecule has 1 spiro atoms. The van der Waals surface area contributed by atoms with Crippen LogP contribution in [0.4, 0.5) is 5.82 Å². The second-order valence-corrected chi connectivity index (χ2v) is 9.16. The van der Waals surface area contributed by atoms with Gasteiger partial charge in [-0.2, -0.15) is 0 Å². The molecule has 1 aliphatic carbocycles. The maximum atomic E-state index is 10.0. The summed E-state index contributed by atoms with van der Waals surface area (Å²) < 4.78 is 0. The highest BCUT2D eigenvalue weighted by molar-refractivity contribution is 7.99. The third-order valence-corrected chi connectivity index (χ3v) is 7.67. The van der Waals surface area contributed by atoms with Crippen molar-refractivity contribution in [2.24, 2.45) is 11.1 Å². The monoisotopic (exact) mass is 441 g/mol. The molecule has 3 atom stereocenters. The van der Waals surface area contributed by atoms with E-state index in [1.165, 1.54) is 11.8 Å². The van der Waals surface area contributed by atoms with Gasteiger partial charge in [0.2, 0.25) is 0 Å². The molecule has 0 bridgehead atoms. The third-order valence-electron chi connectivity index (χ3n) is 5.81. The Labute approximate surface area is 177 Å². The minimum atomic E-state index is -0.837. The number of aliphatic hydroxyl groups is 2. The summed E-state index contributed by atoms with van der Waals surface area (Å²) in [5.41, 5.74) is 6.00. The molecule has 0 aromatic carbocycles. The predicted octanol–water partition coefficient (Wildman–Crippen LogP) is 2.37. The lowest BCUT2D eigenvalue weighted by atomic mass is 9.74. The van der Waals surface area contributed by atoms with E-state index in [0.717, 1.165) is 36.6 Å². The third kappa shape index (κ3) is 3.69. The van der Waals surface area contributed by atoms with E-state index in [4.69, 9.17) is 28.9 Å². The Morgan fingerprint density at radius 2 is 1.89 bits per heavy atom. The lowest BCUT2D eigenvalue weighted by Crippen LogP contribution is -2.50. The smallest absolute Gasteiger partial charge is 0.148 e. The van der Waals surface area contributed by atoms with E-state index in [0.29, 0.717) is 16.5 Å². The molecule has 2 aromatic rings. The van der Waals surface area contributed by atoms with Crippen LogP contribution in [0.15, 0.2) is 34.6 Å². The first kappa shape index (κ1) is 20.1. The Balaban J connectivity index is 1.41. The highest BCUT2D eigenvalue weighted by Crippen LogP contribution is 2.46. The average Bonchev–Trinajstić information content (AvgIpc) is 2.90. The number of rotatable bonds is 3. The van der Waals surface area contributed by atoms with Crippen molar-refractivity contribution < 1.29 is 10.2 Å². The molecule has 2 aromatic heterocycles. The number of piperidine rings is 1. The van der Waals surface area contributed by atoms with Gasteiger partial charge in [0.25, 0.3) is 0 Å². The van der Waals surface area contributed by atoms with E-state index in [1.54, 1.807) is 24.7 Å². The first-order chi connectivity index (χ1) is 13.4. The molecule has 2 aliphatic rings. The summed E-state index contributed by atoms with van der Waals surface area (Å²) in [6.07, 6.45) is 5.67. The maximum Gasteiger partial charge on any atom is 0.148 e. The van der Waals surface area contributed by atoms with E-state index in [-0.39, 0.29) is 16.6 Å². The Kier molecular flexibility index (Phi) is 5.70. The van der Waals surface area contributed by atoms with Crippen LogP contribution in [0.5, 0.6) is 0 Å². The van der Waals surface area contributed by atoms with Gasteiger partial charge in [0.1, 0.15) is 16.0 Å². The number of nitrogens with zero attached hydrogens (tertiary/aromatic N) is 4. The summed E-state index contributed by atoms with van der Waals surface area (Å²) in [6, 6.07) is 1.40. The number of aliphatic hydroxyl groups excluding tert-OH is 2. The second kappa shape index (κ2) is 7.93. The summed E-state index contributed by atoms with van der Waals surface area (Å²) in [7, 11) is 0. The Bertz CT molecular complexity index is 848. The number of aromatic nitrogens is 3. The van der Waals surface area contributed by atoms with Gasteiger partial charge in [-0.1, -0.05) is 35.0 Å². The van der Waals surface area contributed by atoms with Crippen LogP contribution in [0.3, 0.4) is 0 Å². The van der Waals surface area contributed by atoms with Gasteiger partial charge in [-0.05, 0) is 30.7 Å². The largest absolute Gasteiger partial charge is 0.390 e. The molecule has 7 nitrogen and oxygen atoms in total. The Morgan fingerprint density at radius 3 is 2.50 bits per heavy atom. The standard InChI is InChI=1S/C18H21Cl2N5O2S/c19-14-11(1-4-22-17(14)20)28-13-9-23-12(8-24-13)25-5-2-18(3-6-25)7-10(26)15(27)16(18)21/h1,4,8-10,15-16,26-27H,2-3,5-7,21H2/t10-,15+,16+/m0/s1. The molecule has 4 N–H and O–H groups in total. The zero-order valence-electron chi connectivity index (χ0n) is 15.0. The summed E-state index contributed by atoms with van der Waals surface area (Å²) in [6.45, 7) is 1.53. The minimum absolute atomic E-state index is 0.198. The van der Waals surface area contributed by atoms with Crippen molar-refractivity contribution in [1.29, 1.82) is 0 Å². The van der Waals surface area contributed by atoms with Crippen LogP contribution in [0, 0.1) is 5.41 Å². The lowest BCUT2D eigenvalue weighted by molar-refractivity contribution is 0.0354. The molecule has 150 valence electrons. The quantitative estimate of drug-likeness (QED) is 0.622. The summed E-state index contributed by atoms with van der Waals surface area (Å²) >= 11 is 13.5. The number of hydrogen-bond donors (Lipinski definition) is 3. The van der Waals surface area contributed by atoms with E-state index >= 15 is 0 Å². The molecular weight excluding hydrogens is 421 g/mol. The van der Waals surface area contributed by atoms with E-state index < -0.39 is 12.2 Å². The first-order valence-corrected chi connectivity index (χ1v) is 10.6. The fourth-order valence-electron chi connectivity index (χ4n) is 4.11. The van der Waals surface area contributed by atoms with Crippen molar-refractivity contribution in [2.75, 3.05) is 18.0 Å². The number of anilines is 1. The fourth-order valence-corrected chi connectivity index (χ4v) is 5.31. The van der Waals surface area contributed by atoms with Crippen molar-refractivity contribution in [3.8, 4) is 0 Å². The van der Waals surface area contributed by atoms with Crippen LogP contribution in [0.25, 0.3) is 0 Å². The average molecular weight is 442 g/mol. The van der Waals surface area contributed by atoms with E-state index in [2.05, 4.69) is 19.9 Å². The molecule has 1 aliphatic heterocycles. The first-order valence-electron chi connectivity index (χ1n) is 9.06. The van der Waals surface area contributed by atoms with Gasteiger partial charge in [0.05, 0.1) is 29.6 Å². The normalized spacial score (nSPS) is 26.8. The molecule has 10 heteroatoms. The van der Waals surface area contributed by atoms with Gasteiger partial charge in [-0.25, -0.2) is 15.0 Å². The van der Waals surface area contributed by atoms with Crippen LogP contribution in [-0.4, -0.2) is 56.5 Å². The highest BCUT2D eigenvalue weighted by Gasteiger charge is 2.51. The van der Waals surface area contributed by atoms with E-state index in [9.17, 15) is 10.2 Å². The molecule has 4 rings (SSSR count). The molecule has 1 saturated heterocycles. The topological polar surface area (TPSA) is 108 Å². The van der Waals surface area contributed by atoms with Crippen LogP contribution < -0.4 is 10.6 Å². The van der Waals surface area contributed by atoms with Gasteiger partial charge in [-0.15, -0.1) is 0 Å². The van der Waals surface area contributed by atoms with Gasteiger partial charge in [0, 0.05) is 30.2 Å². The zero-order chi connectivity index (χ0) is 19.9.